The van der Waals surface area contributed by atoms with Gasteiger partial charge in [0.2, 0.25) is 5.91 Å². The number of carbonyl (C=O) groups excluding carboxylic acids is 1. The molecule has 1 amide bonds. The monoisotopic (exact) mass is 577 g/mol. The Bertz CT molecular complexity index is 762. The van der Waals surface area contributed by atoms with Crippen LogP contribution in [0, 0.1) is 11.8 Å². The summed E-state index contributed by atoms with van der Waals surface area (Å²) in [5.41, 5.74) is 0. The van der Waals surface area contributed by atoms with E-state index in [2.05, 4.69) is 9.80 Å². The Kier molecular flexibility index (Phi) is 12.7. The first-order chi connectivity index (χ1) is 18.2. The fraction of sp³-hybridized carbons (Fsp3) is 0.875. The average molecular weight is 578 g/mol. The van der Waals surface area contributed by atoms with Gasteiger partial charge in [0.05, 0.1) is 13.2 Å². The van der Waals surface area contributed by atoms with Crippen LogP contribution in [0.5, 0.6) is 0 Å². The van der Waals surface area contributed by atoms with Crippen LogP contribution in [0.1, 0.15) is 44.9 Å². The standard InChI is InChI=1S/C20H35N3O2.2C2HF3O2/c24-20(23-12-14-25-15-13-23)18-4-10-22(11-5-18)19-6-8-21(9-7-19)16-17-2-1-3-17;2*3-2(4,5)1(6)7/h17-19H,1-16H2;2*(H,6,7). The van der Waals surface area contributed by atoms with E-state index in [0.29, 0.717) is 19.1 Å². The second-order valence-corrected chi connectivity index (χ2v) is 10.2. The fourth-order valence-corrected chi connectivity index (χ4v) is 5.06. The number of carbonyl (C=O) groups is 3. The van der Waals surface area contributed by atoms with E-state index in [1.165, 1.54) is 51.7 Å². The molecule has 226 valence electrons. The molecule has 2 N–H and O–H groups in total. The first-order valence-electron chi connectivity index (χ1n) is 13.1. The van der Waals surface area contributed by atoms with E-state index in [-0.39, 0.29) is 5.92 Å². The Hall–Kier alpha value is -2.13. The van der Waals surface area contributed by atoms with Crippen LogP contribution in [0.3, 0.4) is 0 Å². The molecule has 15 heteroatoms. The number of aliphatic carboxylic acids is 2. The molecule has 0 radical (unpaired) electrons. The lowest BCUT2D eigenvalue weighted by Crippen LogP contribution is -2.51. The van der Waals surface area contributed by atoms with Gasteiger partial charge < -0.3 is 29.6 Å². The van der Waals surface area contributed by atoms with Gasteiger partial charge in [0.25, 0.3) is 0 Å². The Morgan fingerprint density at radius 2 is 1.18 bits per heavy atom. The zero-order valence-corrected chi connectivity index (χ0v) is 21.7. The number of alkyl halides is 6. The van der Waals surface area contributed by atoms with E-state index in [1.54, 1.807) is 0 Å². The van der Waals surface area contributed by atoms with Gasteiger partial charge in [-0.1, -0.05) is 6.42 Å². The molecule has 0 aromatic heterocycles. The second-order valence-electron chi connectivity index (χ2n) is 10.2. The lowest BCUT2D eigenvalue weighted by Gasteiger charge is -2.43. The zero-order chi connectivity index (χ0) is 29.2. The van der Waals surface area contributed by atoms with Crippen LogP contribution in [0.4, 0.5) is 26.3 Å². The summed E-state index contributed by atoms with van der Waals surface area (Å²) in [6, 6.07) is 0.761. The molecule has 0 atom stereocenters. The number of nitrogens with zero attached hydrogens (tertiary/aromatic N) is 3. The third-order valence-electron chi connectivity index (χ3n) is 7.50. The number of ether oxygens (including phenoxy) is 1. The van der Waals surface area contributed by atoms with Gasteiger partial charge in [0, 0.05) is 31.6 Å². The predicted molar refractivity (Wildman–Crippen MR) is 126 cm³/mol. The van der Waals surface area contributed by atoms with Crippen molar-refractivity contribution in [3.63, 3.8) is 0 Å². The number of amides is 1. The van der Waals surface area contributed by atoms with Gasteiger partial charge in [-0.15, -0.1) is 0 Å². The van der Waals surface area contributed by atoms with Crippen molar-refractivity contribution in [1.82, 2.24) is 14.7 Å². The lowest BCUT2D eigenvalue weighted by molar-refractivity contribution is -0.193. The maximum atomic E-state index is 12.7. The number of rotatable bonds is 4. The van der Waals surface area contributed by atoms with E-state index < -0.39 is 24.3 Å². The van der Waals surface area contributed by atoms with E-state index >= 15 is 0 Å². The molecule has 0 bridgehead atoms. The molecule has 9 nitrogen and oxygen atoms in total. The third-order valence-corrected chi connectivity index (χ3v) is 7.50. The molecule has 4 rings (SSSR count). The fourth-order valence-electron chi connectivity index (χ4n) is 5.06. The maximum absolute atomic E-state index is 12.7. The number of piperidine rings is 2. The number of carboxylic acids is 2. The third kappa shape index (κ3) is 11.5. The van der Waals surface area contributed by atoms with Gasteiger partial charge in [0.1, 0.15) is 0 Å². The molecule has 1 aliphatic carbocycles. The van der Waals surface area contributed by atoms with E-state index in [1.807, 2.05) is 4.90 Å². The van der Waals surface area contributed by atoms with E-state index in [9.17, 15) is 31.1 Å². The number of carboxylic acid groups (broad SMARTS) is 2. The minimum Gasteiger partial charge on any atom is -0.475 e. The first-order valence-corrected chi connectivity index (χ1v) is 13.1. The maximum Gasteiger partial charge on any atom is 0.490 e. The molecular formula is C24H37F6N3O6. The summed E-state index contributed by atoms with van der Waals surface area (Å²) in [6.07, 6.45) is -1.02. The van der Waals surface area contributed by atoms with Gasteiger partial charge in [-0.2, -0.15) is 26.3 Å². The molecule has 3 saturated heterocycles. The van der Waals surface area contributed by atoms with Crippen LogP contribution in [-0.4, -0.2) is 120 Å². The Labute approximate surface area is 223 Å². The largest absolute Gasteiger partial charge is 0.490 e. The lowest BCUT2D eigenvalue weighted by atomic mass is 9.84. The molecular weight excluding hydrogens is 540 g/mol. The number of hydrogen-bond acceptors (Lipinski definition) is 6. The summed E-state index contributed by atoms with van der Waals surface area (Å²) < 4.78 is 68.8. The SMILES string of the molecule is O=C(C1CCN(C2CCN(CC3CCC3)CC2)CC1)N1CCOCC1.O=C(O)C(F)(F)F.O=C(O)C(F)(F)F. The summed E-state index contributed by atoms with van der Waals surface area (Å²) in [6.45, 7) is 9.16. The summed E-state index contributed by atoms with van der Waals surface area (Å²) in [7, 11) is 0. The average Bonchev–Trinajstić information content (AvgIpc) is 2.86. The molecule has 4 aliphatic rings. The highest BCUT2D eigenvalue weighted by Gasteiger charge is 2.39. The van der Waals surface area contributed by atoms with Gasteiger partial charge in [-0.25, -0.2) is 9.59 Å². The minimum atomic E-state index is -5.08. The summed E-state index contributed by atoms with van der Waals surface area (Å²) in [5, 5.41) is 14.2. The molecule has 1 saturated carbocycles. The quantitative estimate of drug-likeness (QED) is 0.491. The highest BCUT2D eigenvalue weighted by molar-refractivity contribution is 5.79. The predicted octanol–water partition coefficient (Wildman–Crippen LogP) is 3.09. The number of likely N-dealkylation sites (tertiary alicyclic amines) is 2. The van der Waals surface area contributed by atoms with Gasteiger partial charge in [0.15, 0.2) is 0 Å². The summed E-state index contributed by atoms with van der Waals surface area (Å²) in [5.74, 6) is -3.87. The van der Waals surface area contributed by atoms with E-state index in [4.69, 9.17) is 24.5 Å². The van der Waals surface area contributed by atoms with Crippen molar-refractivity contribution < 1.29 is 55.7 Å². The van der Waals surface area contributed by atoms with Crippen molar-refractivity contribution in [3.8, 4) is 0 Å². The van der Waals surface area contributed by atoms with Gasteiger partial charge in [-0.05, 0) is 70.6 Å². The van der Waals surface area contributed by atoms with Crippen LogP contribution in [0.25, 0.3) is 0 Å². The molecule has 3 heterocycles. The zero-order valence-electron chi connectivity index (χ0n) is 21.7. The second kappa shape index (κ2) is 15.0. The highest BCUT2D eigenvalue weighted by Crippen LogP contribution is 2.30. The molecule has 0 aromatic carbocycles. The van der Waals surface area contributed by atoms with Gasteiger partial charge in [-0.3, -0.25) is 4.79 Å². The molecule has 39 heavy (non-hydrogen) atoms. The normalized spacial score (nSPS) is 22.6. The number of morpholine rings is 1. The number of halogens is 6. The Morgan fingerprint density at radius 3 is 1.56 bits per heavy atom. The summed E-state index contributed by atoms with van der Waals surface area (Å²) in [4.78, 5) is 37.9. The summed E-state index contributed by atoms with van der Waals surface area (Å²) >= 11 is 0. The molecule has 3 aliphatic heterocycles. The van der Waals surface area contributed by atoms with Crippen LogP contribution in [0.2, 0.25) is 0 Å². The van der Waals surface area contributed by atoms with Crippen molar-refractivity contribution in [3.05, 3.63) is 0 Å². The molecule has 0 unspecified atom stereocenters. The Morgan fingerprint density at radius 1 is 0.718 bits per heavy atom. The first kappa shape index (κ1) is 33.1. The van der Waals surface area contributed by atoms with Crippen LogP contribution in [-0.2, 0) is 19.1 Å². The molecule has 0 spiro atoms. The van der Waals surface area contributed by atoms with Crippen molar-refractivity contribution in [2.45, 2.75) is 63.3 Å². The van der Waals surface area contributed by atoms with E-state index in [0.717, 1.165) is 51.0 Å². The smallest absolute Gasteiger partial charge is 0.475 e. The van der Waals surface area contributed by atoms with Crippen LogP contribution < -0.4 is 0 Å². The van der Waals surface area contributed by atoms with Crippen molar-refractivity contribution >= 4 is 17.8 Å². The molecule has 0 aromatic rings. The topological polar surface area (TPSA) is 111 Å². The van der Waals surface area contributed by atoms with Crippen LogP contribution >= 0.6 is 0 Å². The van der Waals surface area contributed by atoms with Crippen molar-refractivity contribution in [2.24, 2.45) is 11.8 Å². The van der Waals surface area contributed by atoms with Crippen molar-refractivity contribution in [1.29, 1.82) is 0 Å². The van der Waals surface area contributed by atoms with Crippen LogP contribution in [0.15, 0.2) is 0 Å². The minimum absolute atomic E-state index is 0.257. The molecule has 4 fully saturated rings. The highest BCUT2D eigenvalue weighted by atomic mass is 19.4. The Balaban J connectivity index is 0.000000317. The van der Waals surface area contributed by atoms with Crippen molar-refractivity contribution in [2.75, 3.05) is 59.0 Å². The number of hydrogen-bond donors (Lipinski definition) is 2. The van der Waals surface area contributed by atoms with Gasteiger partial charge >= 0.3 is 24.3 Å².